The molecule has 4 heterocycles. The van der Waals surface area contributed by atoms with Gasteiger partial charge < -0.3 is 23.2 Å². The Morgan fingerprint density at radius 1 is 0.324 bits per heavy atom. The normalized spacial score (nSPS) is 14.3. The first-order chi connectivity index (χ1) is 54.7. The summed E-state index contributed by atoms with van der Waals surface area (Å²) in [5, 5.41) is 9.60. The van der Waals surface area contributed by atoms with E-state index in [1.165, 1.54) is 60.7 Å². The van der Waals surface area contributed by atoms with Crippen LogP contribution in [0.2, 0.25) is 5.02 Å². The number of rotatable bonds is 10. The number of hydrogen-bond acceptors (Lipinski definition) is 5. The maximum Gasteiger partial charge on any atom is 0.143 e. The standard InChI is InChI=1S/C104H66ClN3O2S/c1-103(2)86-40-16-11-33-75(86)79-39-22-38-74(99(79)103)65-27-21-32-70(56-65)107(73-59-82(101-85(61-73)78-36-15-20-48-96(78)110-101)67-51-54-93-83(57-67)76-34-13-18-45-92(76)108(93)69-30-7-4-8-31-69)94-46-24-42-89-98(94)80-37-12-17-41-87(80)104(89)88-53-52-71(62-97(88)111-102-90(104)43-23-44-91(102)105)106(68-28-5-3-6-29-68)72-58-81(66-50-49-63-25-9-10-26-64(63)55-66)100-84(60-72)77-35-14-19-47-95(77)109-100/h3-62H,1-2H3. The lowest BCUT2D eigenvalue weighted by Crippen LogP contribution is -2.32. The largest absolute Gasteiger partial charge is 0.455 e. The van der Waals surface area contributed by atoms with Crippen LogP contribution in [0.3, 0.4) is 0 Å². The molecule has 3 aromatic heterocycles. The van der Waals surface area contributed by atoms with Crippen molar-refractivity contribution in [2.75, 3.05) is 9.80 Å². The molecular weight excluding hydrogens is 1390 g/mol. The number of hydrogen-bond donors (Lipinski definition) is 0. The second-order valence-corrected chi connectivity index (χ2v) is 31.7. The van der Waals surface area contributed by atoms with Crippen LogP contribution in [0.4, 0.5) is 34.1 Å². The molecule has 0 bridgehead atoms. The van der Waals surface area contributed by atoms with E-state index in [1.54, 1.807) is 11.8 Å². The van der Waals surface area contributed by atoms with Crippen LogP contribution in [0.15, 0.2) is 383 Å². The fourth-order valence-electron chi connectivity index (χ4n) is 19.3. The molecule has 1 aliphatic heterocycles. The highest BCUT2D eigenvalue weighted by atomic mass is 35.5. The summed E-state index contributed by atoms with van der Waals surface area (Å²) in [6.07, 6.45) is 0. The van der Waals surface area contributed by atoms with E-state index in [9.17, 15) is 0 Å². The summed E-state index contributed by atoms with van der Waals surface area (Å²) in [6, 6.07) is 134. The van der Waals surface area contributed by atoms with Crippen LogP contribution >= 0.6 is 23.4 Å². The first-order valence-electron chi connectivity index (χ1n) is 38.0. The highest BCUT2D eigenvalue weighted by molar-refractivity contribution is 7.99. The van der Waals surface area contributed by atoms with Gasteiger partial charge in [0.25, 0.3) is 0 Å². The maximum absolute atomic E-state index is 7.79. The summed E-state index contributed by atoms with van der Waals surface area (Å²) in [7, 11) is 0. The van der Waals surface area contributed by atoms with Gasteiger partial charge in [0.2, 0.25) is 0 Å². The lowest BCUT2D eigenvalue weighted by molar-refractivity contribution is 0.662. The van der Waals surface area contributed by atoms with Crippen molar-refractivity contribution in [2.24, 2.45) is 0 Å². The third kappa shape index (κ3) is 9.39. The summed E-state index contributed by atoms with van der Waals surface area (Å²) in [5.74, 6) is 0. The summed E-state index contributed by atoms with van der Waals surface area (Å²) < 4.78 is 16.5. The monoisotopic (exact) mass is 1460 g/mol. The smallest absolute Gasteiger partial charge is 0.143 e. The predicted octanol–water partition coefficient (Wildman–Crippen LogP) is 29.5. The minimum Gasteiger partial charge on any atom is -0.455 e. The second kappa shape index (κ2) is 24.3. The van der Waals surface area contributed by atoms with Crippen molar-refractivity contribution in [2.45, 2.75) is 34.5 Å². The lowest BCUT2D eigenvalue weighted by Gasteiger charge is -2.40. The van der Waals surface area contributed by atoms with Crippen molar-refractivity contribution in [1.29, 1.82) is 0 Å². The Morgan fingerprint density at radius 3 is 1.67 bits per heavy atom. The molecular formula is C104H66ClN3O2S. The molecule has 0 radical (unpaired) electrons. The molecule has 1 unspecified atom stereocenters. The average Bonchev–Trinajstić information content (AvgIpc) is 1.57. The van der Waals surface area contributed by atoms with Crippen LogP contribution < -0.4 is 9.80 Å². The number of nitrogens with zero attached hydrogens (tertiary/aromatic N) is 3. The molecule has 2 aliphatic carbocycles. The van der Waals surface area contributed by atoms with Gasteiger partial charge >= 0.3 is 0 Å². The highest BCUT2D eigenvalue weighted by Crippen LogP contribution is 2.66. The number of para-hydroxylation sites is 5. The number of halogens is 1. The quantitative estimate of drug-likeness (QED) is 0.136. The molecule has 17 aromatic carbocycles. The van der Waals surface area contributed by atoms with Crippen molar-refractivity contribution in [3.05, 3.63) is 402 Å². The molecule has 0 saturated carbocycles. The molecule has 0 N–H and O–H groups in total. The molecule has 111 heavy (non-hydrogen) atoms. The molecule has 0 amide bonds. The Bertz CT molecular complexity index is 7330. The Balaban J connectivity index is 0.764. The van der Waals surface area contributed by atoms with Gasteiger partial charge in [-0.3, -0.25) is 0 Å². The average molecular weight is 1460 g/mol. The Morgan fingerprint density at radius 2 is 0.883 bits per heavy atom. The van der Waals surface area contributed by atoms with Crippen LogP contribution in [0, 0.1) is 0 Å². The van der Waals surface area contributed by atoms with E-state index in [2.05, 4.69) is 392 Å². The minimum absolute atomic E-state index is 0.256. The van der Waals surface area contributed by atoms with Crippen molar-refractivity contribution in [3.63, 3.8) is 0 Å². The summed E-state index contributed by atoms with van der Waals surface area (Å²) >= 11 is 9.55. The van der Waals surface area contributed by atoms with Gasteiger partial charge in [-0.1, -0.05) is 280 Å². The Hall–Kier alpha value is -13.4. The third-order valence-corrected chi connectivity index (χ3v) is 25.6. The van der Waals surface area contributed by atoms with Gasteiger partial charge in [0, 0.05) is 98.3 Å². The maximum atomic E-state index is 7.79. The Labute approximate surface area is 650 Å². The van der Waals surface area contributed by atoms with Crippen LogP contribution in [-0.4, -0.2) is 4.57 Å². The van der Waals surface area contributed by atoms with E-state index in [0.717, 1.165) is 154 Å². The van der Waals surface area contributed by atoms with Crippen LogP contribution in [0.1, 0.15) is 47.2 Å². The number of furan rings is 2. The SMILES string of the molecule is CC1(C)c2ccccc2-c2cccc(-c3cccc(N(c4cc(-c5ccc6c(c5)c5ccccc5n6-c5ccccc5)c5oc6ccccc6c5c4)c4cccc5c4-c4ccccc4C54c5ccc(N(c6ccccc6)c6cc(-c7ccc8ccccc8c7)c7oc8ccccc8c7c6)cc5Sc5c(Cl)cccc54)c3)c21. The van der Waals surface area contributed by atoms with E-state index in [-0.39, 0.29) is 5.41 Å². The van der Waals surface area contributed by atoms with E-state index >= 15 is 0 Å². The number of benzene rings is 17. The van der Waals surface area contributed by atoms with Crippen LogP contribution in [0.5, 0.6) is 0 Å². The minimum atomic E-state index is -0.848. The molecule has 0 saturated heterocycles. The van der Waals surface area contributed by atoms with Gasteiger partial charge in [0.15, 0.2) is 0 Å². The Kier molecular flexibility index (Phi) is 14.0. The molecule has 7 heteroatoms. The molecule has 23 rings (SSSR count). The van der Waals surface area contributed by atoms with Crippen molar-refractivity contribution in [1.82, 2.24) is 4.57 Å². The number of anilines is 6. The molecule has 3 aliphatic rings. The zero-order chi connectivity index (χ0) is 73.4. The highest BCUT2D eigenvalue weighted by Gasteiger charge is 2.52. The van der Waals surface area contributed by atoms with Gasteiger partial charge in [-0.25, -0.2) is 0 Å². The van der Waals surface area contributed by atoms with Gasteiger partial charge in [-0.15, -0.1) is 0 Å². The van der Waals surface area contributed by atoms with E-state index in [0.29, 0.717) is 5.02 Å². The van der Waals surface area contributed by atoms with E-state index < -0.39 is 5.41 Å². The van der Waals surface area contributed by atoms with Gasteiger partial charge in [-0.2, -0.15) is 0 Å². The summed E-state index contributed by atoms with van der Waals surface area (Å²) in [4.78, 5) is 7.11. The second-order valence-electron chi connectivity index (χ2n) is 30.3. The topological polar surface area (TPSA) is 37.7 Å². The van der Waals surface area contributed by atoms with Crippen LogP contribution in [-0.2, 0) is 10.8 Å². The molecule has 20 aromatic rings. The lowest BCUT2D eigenvalue weighted by atomic mass is 9.67. The van der Waals surface area contributed by atoms with Crippen LogP contribution in [0.25, 0.3) is 138 Å². The van der Waals surface area contributed by atoms with Crippen molar-refractivity contribution in [3.8, 4) is 61.3 Å². The fraction of sp³-hybridized carbons (Fsp3) is 0.0385. The third-order valence-electron chi connectivity index (χ3n) is 24.0. The molecule has 1 spiro atoms. The van der Waals surface area contributed by atoms with E-state index in [4.69, 9.17) is 20.4 Å². The summed E-state index contributed by atoms with van der Waals surface area (Å²) in [5.41, 5.74) is 30.5. The van der Waals surface area contributed by atoms with Gasteiger partial charge in [0.05, 0.1) is 27.2 Å². The van der Waals surface area contributed by atoms with E-state index in [1.807, 2.05) is 0 Å². The molecule has 0 fully saturated rings. The first-order valence-corrected chi connectivity index (χ1v) is 39.2. The molecule has 522 valence electrons. The van der Waals surface area contributed by atoms with Crippen molar-refractivity contribution >= 4 is 134 Å². The summed E-state index contributed by atoms with van der Waals surface area (Å²) in [6.45, 7) is 4.78. The number of fused-ring (bicyclic) bond motifs is 22. The van der Waals surface area contributed by atoms with Gasteiger partial charge in [0.1, 0.15) is 22.3 Å². The first kappa shape index (κ1) is 63.7. The number of aromatic nitrogens is 1. The van der Waals surface area contributed by atoms with Crippen molar-refractivity contribution < 1.29 is 8.83 Å². The molecule has 5 nitrogen and oxygen atoms in total. The zero-order valence-electron chi connectivity index (χ0n) is 60.6. The zero-order valence-corrected chi connectivity index (χ0v) is 62.2. The predicted molar refractivity (Wildman–Crippen MR) is 463 cm³/mol. The fourth-order valence-corrected chi connectivity index (χ4v) is 20.8. The molecule has 1 atom stereocenters. The van der Waals surface area contributed by atoms with Gasteiger partial charge in [-0.05, 0) is 204 Å².